The predicted octanol–water partition coefficient (Wildman–Crippen LogP) is 5.40. The van der Waals surface area contributed by atoms with Gasteiger partial charge in [-0.15, -0.1) is 0 Å². The minimum absolute atomic E-state index is 0.368. The lowest BCUT2D eigenvalue weighted by Gasteiger charge is -2.17. The first kappa shape index (κ1) is 12.8. The monoisotopic (exact) mass is 291 g/mol. The molecule has 0 aliphatic heterocycles. The number of rotatable bonds is 2. The van der Waals surface area contributed by atoms with Crippen LogP contribution in [0.15, 0.2) is 36.4 Å². The largest absolute Gasteiger partial charge is 0.378 e. The van der Waals surface area contributed by atoms with Crippen molar-refractivity contribution < 1.29 is 0 Å². The van der Waals surface area contributed by atoms with Crippen LogP contribution in [0.3, 0.4) is 0 Å². The number of anilines is 1. The van der Waals surface area contributed by atoms with Gasteiger partial charge in [-0.2, -0.15) is 0 Å². The summed E-state index contributed by atoms with van der Waals surface area (Å²) in [6.45, 7) is 2.08. The van der Waals surface area contributed by atoms with Gasteiger partial charge in [-0.05, 0) is 66.8 Å². The van der Waals surface area contributed by atoms with Crippen molar-refractivity contribution in [1.29, 1.82) is 0 Å². The lowest BCUT2D eigenvalue weighted by Crippen LogP contribution is -2.08. The van der Waals surface area contributed by atoms with E-state index in [4.69, 9.17) is 23.2 Å². The second-order valence-corrected chi connectivity index (χ2v) is 5.91. The van der Waals surface area contributed by atoms with Crippen LogP contribution in [0.1, 0.15) is 29.2 Å². The molecule has 0 fully saturated rings. The minimum Gasteiger partial charge on any atom is -0.378 e. The summed E-state index contributed by atoms with van der Waals surface area (Å²) in [6.07, 6.45) is 2.19. The molecule has 0 aromatic heterocycles. The highest BCUT2D eigenvalue weighted by atomic mass is 35.5. The first-order valence-electron chi connectivity index (χ1n) is 6.44. The number of aryl methyl sites for hydroxylation is 2. The molecule has 0 saturated heterocycles. The number of halogens is 2. The third kappa shape index (κ3) is 2.58. The van der Waals surface area contributed by atoms with Crippen molar-refractivity contribution in [3.8, 4) is 0 Å². The maximum atomic E-state index is 6.04. The minimum atomic E-state index is 0.368. The topological polar surface area (TPSA) is 12.0 Å². The summed E-state index contributed by atoms with van der Waals surface area (Å²) in [7, 11) is 0. The zero-order valence-corrected chi connectivity index (χ0v) is 12.2. The van der Waals surface area contributed by atoms with Gasteiger partial charge in [0, 0.05) is 15.7 Å². The number of hydrogen-bond donors (Lipinski definition) is 1. The van der Waals surface area contributed by atoms with Crippen LogP contribution in [-0.2, 0) is 6.42 Å². The Hall–Kier alpha value is -1.18. The molecule has 0 saturated carbocycles. The van der Waals surface area contributed by atoms with Gasteiger partial charge < -0.3 is 5.32 Å². The van der Waals surface area contributed by atoms with E-state index < -0.39 is 0 Å². The summed E-state index contributed by atoms with van der Waals surface area (Å²) >= 11 is 12.0. The van der Waals surface area contributed by atoms with Gasteiger partial charge in [0.25, 0.3) is 0 Å². The number of benzene rings is 2. The Morgan fingerprint density at radius 3 is 2.58 bits per heavy atom. The predicted molar refractivity (Wildman–Crippen MR) is 82.3 cm³/mol. The molecule has 1 nitrogen and oxygen atoms in total. The highest BCUT2D eigenvalue weighted by molar-refractivity contribution is 6.31. The van der Waals surface area contributed by atoms with E-state index >= 15 is 0 Å². The van der Waals surface area contributed by atoms with E-state index in [0.29, 0.717) is 6.04 Å². The van der Waals surface area contributed by atoms with Crippen molar-refractivity contribution in [2.45, 2.75) is 25.8 Å². The molecule has 98 valence electrons. The lowest BCUT2D eigenvalue weighted by atomic mass is 10.1. The lowest BCUT2D eigenvalue weighted by molar-refractivity contribution is 0.761. The molecule has 3 heteroatoms. The maximum absolute atomic E-state index is 6.04. The van der Waals surface area contributed by atoms with Crippen LogP contribution in [0, 0.1) is 6.92 Å². The molecule has 2 aromatic carbocycles. The first-order chi connectivity index (χ1) is 9.13. The molecule has 1 N–H and O–H groups in total. The third-order valence-electron chi connectivity index (χ3n) is 3.70. The summed E-state index contributed by atoms with van der Waals surface area (Å²) < 4.78 is 0. The molecule has 1 unspecified atom stereocenters. The van der Waals surface area contributed by atoms with Crippen molar-refractivity contribution in [1.82, 2.24) is 0 Å². The van der Waals surface area contributed by atoms with E-state index in [9.17, 15) is 0 Å². The molecule has 1 aliphatic rings. The summed E-state index contributed by atoms with van der Waals surface area (Å²) in [5, 5.41) is 5.21. The van der Waals surface area contributed by atoms with Gasteiger partial charge in [0.1, 0.15) is 0 Å². The van der Waals surface area contributed by atoms with Crippen LogP contribution in [0.4, 0.5) is 5.69 Å². The van der Waals surface area contributed by atoms with E-state index in [2.05, 4.69) is 24.4 Å². The molecule has 1 atom stereocenters. The van der Waals surface area contributed by atoms with E-state index in [1.165, 1.54) is 16.7 Å². The van der Waals surface area contributed by atoms with Crippen molar-refractivity contribution in [2.24, 2.45) is 0 Å². The van der Waals surface area contributed by atoms with Gasteiger partial charge in [0.2, 0.25) is 0 Å². The summed E-state index contributed by atoms with van der Waals surface area (Å²) in [6, 6.07) is 12.5. The molecule has 19 heavy (non-hydrogen) atoms. The number of nitrogens with one attached hydrogen (secondary N) is 1. The maximum Gasteiger partial charge on any atom is 0.0519 e. The highest BCUT2D eigenvalue weighted by Crippen LogP contribution is 2.36. The van der Waals surface area contributed by atoms with Crippen LogP contribution in [-0.4, -0.2) is 0 Å². The molecular formula is C16H15Cl2N. The van der Waals surface area contributed by atoms with Gasteiger partial charge in [-0.25, -0.2) is 0 Å². The average Bonchev–Trinajstić information content (AvgIpc) is 2.75. The van der Waals surface area contributed by atoms with E-state index in [-0.39, 0.29) is 0 Å². The van der Waals surface area contributed by atoms with Gasteiger partial charge in [0.05, 0.1) is 6.04 Å². The highest BCUT2D eigenvalue weighted by Gasteiger charge is 2.22. The Bertz CT molecular complexity index is 622. The second-order valence-electron chi connectivity index (χ2n) is 5.04. The summed E-state index contributed by atoms with van der Waals surface area (Å²) in [4.78, 5) is 0. The number of fused-ring (bicyclic) bond motifs is 1. The smallest absolute Gasteiger partial charge is 0.0519 e. The average molecular weight is 292 g/mol. The van der Waals surface area contributed by atoms with E-state index in [1.54, 1.807) is 0 Å². The van der Waals surface area contributed by atoms with Crippen molar-refractivity contribution >= 4 is 28.9 Å². The first-order valence-corrected chi connectivity index (χ1v) is 7.20. The molecule has 0 amide bonds. The fraction of sp³-hybridized carbons (Fsp3) is 0.250. The Labute approximate surface area is 123 Å². The van der Waals surface area contributed by atoms with Gasteiger partial charge in [-0.1, -0.05) is 29.3 Å². The zero-order chi connectivity index (χ0) is 13.4. The Morgan fingerprint density at radius 2 is 1.79 bits per heavy atom. The number of hydrogen-bond acceptors (Lipinski definition) is 1. The van der Waals surface area contributed by atoms with Crippen LogP contribution in [0.25, 0.3) is 0 Å². The van der Waals surface area contributed by atoms with E-state index in [1.807, 2.05) is 24.3 Å². The SMILES string of the molecule is Cc1cc(Cl)ccc1NC1CCc2cc(Cl)ccc21. The zero-order valence-electron chi connectivity index (χ0n) is 10.7. The summed E-state index contributed by atoms with van der Waals surface area (Å²) in [5.74, 6) is 0. The molecule has 0 radical (unpaired) electrons. The quantitative estimate of drug-likeness (QED) is 0.781. The molecule has 0 spiro atoms. The fourth-order valence-electron chi connectivity index (χ4n) is 2.71. The van der Waals surface area contributed by atoms with Gasteiger partial charge >= 0.3 is 0 Å². The van der Waals surface area contributed by atoms with Crippen LogP contribution in [0.5, 0.6) is 0 Å². The van der Waals surface area contributed by atoms with Crippen LogP contribution in [0.2, 0.25) is 10.0 Å². The van der Waals surface area contributed by atoms with Crippen molar-refractivity contribution in [2.75, 3.05) is 5.32 Å². The molecule has 2 aromatic rings. The van der Waals surface area contributed by atoms with Crippen LogP contribution < -0.4 is 5.32 Å². The normalized spacial score (nSPS) is 17.3. The van der Waals surface area contributed by atoms with Gasteiger partial charge in [-0.3, -0.25) is 0 Å². The Balaban J connectivity index is 1.86. The summed E-state index contributed by atoms with van der Waals surface area (Å²) in [5.41, 5.74) is 5.04. The van der Waals surface area contributed by atoms with Crippen molar-refractivity contribution in [3.63, 3.8) is 0 Å². The molecule has 1 aliphatic carbocycles. The second kappa shape index (κ2) is 5.07. The molecule has 0 bridgehead atoms. The molecule has 3 rings (SSSR count). The third-order valence-corrected chi connectivity index (χ3v) is 4.17. The molecular weight excluding hydrogens is 277 g/mol. The van der Waals surface area contributed by atoms with Crippen molar-refractivity contribution in [3.05, 3.63) is 63.1 Å². The van der Waals surface area contributed by atoms with Gasteiger partial charge in [0.15, 0.2) is 0 Å². The Kier molecular flexibility index (Phi) is 3.42. The van der Waals surface area contributed by atoms with Crippen LogP contribution >= 0.6 is 23.2 Å². The Morgan fingerprint density at radius 1 is 1.05 bits per heavy atom. The van der Waals surface area contributed by atoms with E-state index in [0.717, 1.165) is 28.6 Å². The fourth-order valence-corrected chi connectivity index (χ4v) is 3.13. The molecule has 0 heterocycles. The standard InChI is InChI=1S/C16H15Cl2N/c1-10-8-12(17)4-7-15(10)19-16-6-2-11-9-13(18)3-5-14(11)16/h3-5,7-9,16,19H,2,6H2,1H3.